The van der Waals surface area contributed by atoms with Crippen molar-refractivity contribution in [3.63, 3.8) is 0 Å². The van der Waals surface area contributed by atoms with Crippen LogP contribution in [0.2, 0.25) is 0 Å². The zero-order valence-electron chi connectivity index (χ0n) is 10.4. The van der Waals surface area contributed by atoms with Gasteiger partial charge in [0.1, 0.15) is 0 Å². The standard InChI is InChI=1S/C15H10F2N2O/c16-13-3-1-2-12(14(13)17)15(20)19-9-11-6-4-10(8-18)5-7-11/h1-7H,9H2,(H,19,20). The summed E-state index contributed by atoms with van der Waals surface area (Å²) in [6.45, 7) is 0.167. The molecule has 0 radical (unpaired) electrons. The highest BCUT2D eigenvalue weighted by atomic mass is 19.2. The van der Waals surface area contributed by atoms with Gasteiger partial charge in [-0.15, -0.1) is 0 Å². The number of nitrogens with one attached hydrogen (secondary N) is 1. The van der Waals surface area contributed by atoms with Crippen molar-refractivity contribution in [3.05, 3.63) is 70.8 Å². The average molecular weight is 272 g/mol. The third-order valence-electron chi connectivity index (χ3n) is 2.73. The van der Waals surface area contributed by atoms with Crippen molar-refractivity contribution >= 4 is 5.91 Å². The number of carbonyl (C=O) groups excluding carboxylic acids is 1. The molecule has 0 aliphatic heterocycles. The van der Waals surface area contributed by atoms with Crippen molar-refractivity contribution < 1.29 is 13.6 Å². The number of rotatable bonds is 3. The molecule has 0 atom stereocenters. The Morgan fingerprint density at radius 2 is 1.85 bits per heavy atom. The van der Waals surface area contributed by atoms with E-state index in [1.54, 1.807) is 24.3 Å². The zero-order valence-corrected chi connectivity index (χ0v) is 10.4. The van der Waals surface area contributed by atoms with E-state index in [9.17, 15) is 13.6 Å². The van der Waals surface area contributed by atoms with Crippen LogP contribution in [-0.4, -0.2) is 5.91 Å². The molecule has 100 valence electrons. The highest BCUT2D eigenvalue weighted by Crippen LogP contribution is 2.11. The summed E-state index contributed by atoms with van der Waals surface area (Å²) in [6, 6.07) is 12.0. The fourth-order valence-corrected chi connectivity index (χ4v) is 1.65. The van der Waals surface area contributed by atoms with Crippen LogP contribution in [0.4, 0.5) is 8.78 Å². The number of hydrogen-bond donors (Lipinski definition) is 1. The molecule has 0 saturated heterocycles. The van der Waals surface area contributed by atoms with Gasteiger partial charge >= 0.3 is 0 Å². The number of nitrogens with zero attached hydrogens (tertiary/aromatic N) is 1. The Bertz CT molecular complexity index is 675. The van der Waals surface area contributed by atoms with Gasteiger partial charge in [-0.3, -0.25) is 4.79 Å². The van der Waals surface area contributed by atoms with Crippen LogP contribution >= 0.6 is 0 Å². The predicted octanol–water partition coefficient (Wildman–Crippen LogP) is 2.77. The van der Waals surface area contributed by atoms with Crippen molar-refractivity contribution in [1.82, 2.24) is 5.32 Å². The molecule has 0 fully saturated rings. The van der Waals surface area contributed by atoms with Crippen LogP contribution in [-0.2, 0) is 6.54 Å². The van der Waals surface area contributed by atoms with E-state index in [0.717, 1.165) is 11.6 Å². The lowest BCUT2D eigenvalue weighted by Gasteiger charge is -2.06. The zero-order chi connectivity index (χ0) is 14.5. The lowest BCUT2D eigenvalue weighted by atomic mass is 10.1. The summed E-state index contributed by atoms with van der Waals surface area (Å²) < 4.78 is 26.4. The Balaban J connectivity index is 2.05. The van der Waals surface area contributed by atoms with Gasteiger partial charge in [-0.05, 0) is 29.8 Å². The molecule has 0 bridgehead atoms. The van der Waals surface area contributed by atoms with Crippen LogP contribution < -0.4 is 5.32 Å². The molecule has 0 aliphatic rings. The van der Waals surface area contributed by atoms with E-state index < -0.39 is 17.5 Å². The first-order valence-corrected chi connectivity index (χ1v) is 5.83. The molecule has 3 nitrogen and oxygen atoms in total. The second kappa shape index (κ2) is 5.93. The Morgan fingerprint density at radius 1 is 1.15 bits per heavy atom. The van der Waals surface area contributed by atoms with E-state index in [1.807, 2.05) is 6.07 Å². The summed E-state index contributed by atoms with van der Waals surface area (Å²) in [5, 5.41) is 11.1. The first-order chi connectivity index (χ1) is 9.61. The van der Waals surface area contributed by atoms with Gasteiger partial charge in [0, 0.05) is 6.54 Å². The Labute approximate surface area is 114 Å². The Morgan fingerprint density at radius 3 is 2.50 bits per heavy atom. The average Bonchev–Trinajstić information content (AvgIpc) is 2.48. The van der Waals surface area contributed by atoms with Crippen LogP contribution in [0.25, 0.3) is 0 Å². The number of nitriles is 1. The van der Waals surface area contributed by atoms with Crippen molar-refractivity contribution in [2.45, 2.75) is 6.54 Å². The number of benzene rings is 2. The SMILES string of the molecule is N#Cc1ccc(CNC(=O)c2cccc(F)c2F)cc1. The van der Waals surface area contributed by atoms with Gasteiger partial charge in [0.05, 0.1) is 17.2 Å². The lowest BCUT2D eigenvalue weighted by molar-refractivity contribution is 0.0946. The fourth-order valence-electron chi connectivity index (χ4n) is 1.65. The van der Waals surface area contributed by atoms with Crippen molar-refractivity contribution in [1.29, 1.82) is 5.26 Å². The summed E-state index contributed by atoms with van der Waals surface area (Å²) in [5.41, 5.74) is 0.934. The van der Waals surface area contributed by atoms with Crippen LogP contribution in [0.5, 0.6) is 0 Å². The van der Waals surface area contributed by atoms with Crippen molar-refractivity contribution in [2.24, 2.45) is 0 Å². The summed E-state index contributed by atoms with van der Waals surface area (Å²) in [7, 11) is 0. The van der Waals surface area contributed by atoms with Crippen molar-refractivity contribution in [2.75, 3.05) is 0 Å². The van der Waals surface area contributed by atoms with E-state index in [0.29, 0.717) is 5.56 Å². The smallest absolute Gasteiger partial charge is 0.254 e. The molecule has 2 rings (SSSR count). The van der Waals surface area contributed by atoms with E-state index in [2.05, 4.69) is 5.32 Å². The molecule has 0 heterocycles. The largest absolute Gasteiger partial charge is 0.348 e. The first-order valence-electron chi connectivity index (χ1n) is 5.83. The highest BCUT2D eigenvalue weighted by molar-refractivity contribution is 5.94. The second-order valence-electron chi connectivity index (χ2n) is 4.09. The number of halogens is 2. The molecule has 0 spiro atoms. The van der Waals surface area contributed by atoms with E-state index in [1.165, 1.54) is 12.1 Å². The Hall–Kier alpha value is -2.74. The van der Waals surface area contributed by atoms with Gasteiger partial charge in [-0.25, -0.2) is 8.78 Å². The molecule has 0 aromatic heterocycles. The second-order valence-corrected chi connectivity index (χ2v) is 4.09. The van der Waals surface area contributed by atoms with Gasteiger partial charge in [0.2, 0.25) is 0 Å². The molecule has 0 aliphatic carbocycles. The number of hydrogen-bond acceptors (Lipinski definition) is 2. The predicted molar refractivity (Wildman–Crippen MR) is 68.7 cm³/mol. The minimum atomic E-state index is -1.16. The molecule has 0 saturated carbocycles. The first kappa shape index (κ1) is 13.7. The molecular formula is C15H10F2N2O. The van der Waals surface area contributed by atoms with Gasteiger partial charge < -0.3 is 5.32 Å². The monoisotopic (exact) mass is 272 g/mol. The minimum Gasteiger partial charge on any atom is -0.348 e. The van der Waals surface area contributed by atoms with Gasteiger partial charge in [-0.1, -0.05) is 18.2 Å². The molecule has 1 N–H and O–H groups in total. The third-order valence-corrected chi connectivity index (χ3v) is 2.73. The molecular weight excluding hydrogens is 262 g/mol. The highest BCUT2D eigenvalue weighted by Gasteiger charge is 2.14. The molecule has 0 unspecified atom stereocenters. The Kier molecular flexibility index (Phi) is 4.06. The van der Waals surface area contributed by atoms with E-state index >= 15 is 0 Å². The van der Waals surface area contributed by atoms with Crippen LogP contribution in [0.3, 0.4) is 0 Å². The van der Waals surface area contributed by atoms with E-state index in [-0.39, 0.29) is 12.1 Å². The van der Waals surface area contributed by atoms with Crippen LogP contribution in [0.15, 0.2) is 42.5 Å². The van der Waals surface area contributed by atoms with Crippen molar-refractivity contribution in [3.8, 4) is 6.07 Å². The molecule has 2 aromatic carbocycles. The summed E-state index contributed by atoms with van der Waals surface area (Å²) >= 11 is 0. The quantitative estimate of drug-likeness (QED) is 0.934. The molecule has 1 amide bonds. The van der Waals surface area contributed by atoms with Crippen LogP contribution in [0, 0.1) is 23.0 Å². The number of amides is 1. The summed E-state index contributed by atoms with van der Waals surface area (Å²) in [5.74, 6) is -2.91. The van der Waals surface area contributed by atoms with E-state index in [4.69, 9.17) is 5.26 Å². The normalized spacial score (nSPS) is 9.85. The lowest BCUT2D eigenvalue weighted by Crippen LogP contribution is -2.24. The minimum absolute atomic E-state index is 0.167. The molecule has 5 heteroatoms. The van der Waals surface area contributed by atoms with Gasteiger partial charge in [-0.2, -0.15) is 5.26 Å². The summed E-state index contributed by atoms with van der Waals surface area (Å²) in [6.07, 6.45) is 0. The molecule has 20 heavy (non-hydrogen) atoms. The maximum atomic E-state index is 13.4. The topological polar surface area (TPSA) is 52.9 Å². The maximum Gasteiger partial charge on any atom is 0.254 e. The number of carbonyl (C=O) groups is 1. The van der Waals surface area contributed by atoms with Gasteiger partial charge in [0.25, 0.3) is 5.91 Å². The third kappa shape index (κ3) is 2.98. The van der Waals surface area contributed by atoms with Crippen LogP contribution in [0.1, 0.15) is 21.5 Å². The fraction of sp³-hybridized carbons (Fsp3) is 0.0667. The molecule has 2 aromatic rings. The maximum absolute atomic E-state index is 13.4. The van der Waals surface area contributed by atoms with Gasteiger partial charge in [0.15, 0.2) is 11.6 Å². The summed E-state index contributed by atoms with van der Waals surface area (Å²) in [4.78, 5) is 11.7.